The monoisotopic (exact) mass is 147 g/mol. The molecule has 1 unspecified atom stereocenters. The van der Waals surface area contributed by atoms with Crippen molar-refractivity contribution in [2.45, 2.75) is 6.04 Å². The van der Waals surface area contributed by atoms with Crippen LogP contribution in [0, 0.1) is 12.3 Å². The van der Waals surface area contributed by atoms with Crippen molar-refractivity contribution in [3.05, 3.63) is 30.1 Å². The number of hydrogen-bond donors (Lipinski definition) is 2. The van der Waals surface area contributed by atoms with Gasteiger partial charge in [-0.15, -0.1) is 6.42 Å². The second-order valence-corrected chi connectivity index (χ2v) is 2.05. The van der Waals surface area contributed by atoms with E-state index >= 15 is 0 Å². The van der Waals surface area contributed by atoms with Crippen molar-refractivity contribution in [1.29, 1.82) is 0 Å². The maximum atomic E-state index is 5.20. The standard InChI is InChI=1S/C8H9N3/c1-2-8(11-9)7-4-3-5-10-6-7/h1,3-6,8,11H,9H2. The van der Waals surface area contributed by atoms with Crippen molar-refractivity contribution in [2.75, 3.05) is 0 Å². The molecular weight excluding hydrogens is 138 g/mol. The molecule has 0 saturated heterocycles. The van der Waals surface area contributed by atoms with Gasteiger partial charge < -0.3 is 0 Å². The number of terminal acetylenes is 1. The molecule has 0 saturated carbocycles. The van der Waals surface area contributed by atoms with Crippen LogP contribution in [0.4, 0.5) is 0 Å². The normalized spacial score (nSPS) is 12.0. The second kappa shape index (κ2) is 3.71. The first-order valence-corrected chi connectivity index (χ1v) is 3.20. The maximum absolute atomic E-state index is 5.20. The topological polar surface area (TPSA) is 50.9 Å². The Hall–Kier alpha value is -1.37. The van der Waals surface area contributed by atoms with E-state index in [0.29, 0.717) is 0 Å². The van der Waals surface area contributed by atoms with Gasteiger partial charge >= 0.3 is 0 Å². The molecule has 0 aromatic carbocycles. The Balaban J connectivity index is 2.85. The predicted octanol–water partition coefficient (Wildman–Crippen LogP) is 0.219. The van der Waals surface area contributed by atoms with E-state index < -0.39 is 0 Å². The Morgan fingerprint density at radius 1 is 1.73 bits per heavy atom. The third-order valence-electron chi connectivity index (χ3n) is 1.35. The van der Waals surface area contributed by atoms with E-state index in [4.69, 9.17) is 12.3 Å². The minimum Gasteiger partial charge on any atom is -0.270 e. The summed E-state index contributed by atoms with van der Waals surface area (Å²) in [5.41, 5.74) is 3.39. The van der Waals surface area contributed by atoms with Gasteiger partial charge in [-0.2, -0.15) is 0 Å². The molecule has 3 heteroatoms. The van der Waals surface area contributed by atoms with Gasteiger partial charge in [-0.1, -0.05) is 12.0 Å². The summed E-state index contributed by atoms with van der Waals surface area (Å²) >= 11 is 0. The van der Waals surface area contributed by atoms with Gasteiger partial charge in [0.15, 0.2) is 0 Å². The smallest absolute Gasteiger partial charge is 0.108 e. The summed E-state index contributed by atoms with van der Waals surface area (Å²) in [4.78, 5) is 3.91. The molecule has 0 amide bonds. The van der Waals surface area contributed by atoms with Crippen molar-refractivity contribution >= 4 is 0 Å². The zero-order valence-corrected chi connectivity index (χ0v) is 5.99. The van der Waals surface area contributed by atoms with E-state index in [1.54, 1.807) is 12.4 Å². The molecule has 0 aliphatic heterocycles. The first-order chi connectivity index (χ1) is 5.38. The van der Waals surface area contributed by atoms with Crippen LogP contribution in [0.5, 0.6) is 0 Å². The Bertz CT molecular complexity index is 250. The highest BCUT2D eigenvalue weighted by Gasteiger charge is 2.02. The van der Waals surface area contributed by atoms with Crippen LogP contribution in [0.3, 0.4) is 0 Å². The van der Waals surface area contributed by atoms with Gasteiger partial charge in [0.05, 0.1) is 0 Å². The molecule has 1 aromatic heterocycles. The average Bonchev–Trinajstić information content (AvgIpc) is 2.09. The van der Waals surface area contributed by atoms with Crippen molar-refractivity contribution < 1.29 is 0 Å². The first kappa shape index (κ1) is 7.73. The number of hydrogen-bond acceptors (Lipinski definition) is 3. The lowest BCUT2D eigenvalue weighted by molar-refractivity contribution is 0.671. The number of pyridine rings is 1. The molecular formula is C8H9N3. The number of hydrazine groups is 1. The minimum absolute atomic E-state index is 0.247. The SMILES string of the molecule is C#CC(NN)c1cccnc1. The summed E-state index contributed by atoms with van der Waals surface area (Å²) in [6.07, 6.45) is 8.57. The number of nitrogens with zero attached hydrogens (tertiary/aromatic N) is 1. The van der Waals surface area contributed by atoms with Crippen LogP contribution < -0.4 is 11.3 Å². The Morgan fingerprint density at radius 2 is 2.55 bits per heavy atom. The number of aromatic nitrogens is 1. The van der Waals surface area contributed by atoms with Gasteiger partial charge in [-0.3, -0.25) is 10.8 Å². The number of nitrogens with one attached hydrogen (secondary N) is 1. The van der Waals surface area contributed by atoms with Gasteiger partial charge in [0.1, 0.15) is 6.04 Å². The molecule has 1 heterocycles. The maximum Gasteiger partial charge on any atom is 0.108 e. The number of nitrogens with two attached hydrogens (primary N) is 1. The van der Waals surface area contributed by atoms with Crippen LogP contribution in [0.2, 0.25) is 0 Å². The molecule has 11 heavy (non-hydrogen) atoms. The lowest BCUT2D eigenvalue weighted by atomic mass is 10.1. The lowest BCUT2D eigenvalue weighted by Crippen LogP contribution is -2.26. The fourth-order valence-electron chi connectivity index (χ4n) is 0.787. The summed E-state index contributed by atoms with van der Waals surface area (Å²) < 4.78 is 0. The highest BCUT2D eigenvalue weighted by molar-refractivity contribution is 5.21. The fraction of sp³-hybridized carbons (Fsp3) is 0.125. The largest absolute Gasteiger partial charge is 0.270 e. The molecule has 1 rings (SSSR count). The van der Waals surface area contributed by atoms with Crippen molar-refractivity contribution in [2.24, 2.45) is 5.84 Å². The highest BCUT2D eigenvalue weighted by Crippen LogP contribution is 2.07. The minimum atomic E-state index is -0.247. The molecule has 1 atom stereocenters. The van der Waals surface area contributed by atoms with Crippen LogP contribution in [0.15, 0.2) is 24.5 Å². The second-order valence-electron chi connectivity index (χ2n) is 2.05. The number of rotatable bonds is 2. The quantitative estimate of drug-likeness (QED) is 0.357. The van der Waals surface area contributed by atoms with E-state index in [2.05, 4.69) is 16.3 Å². The van der Waals surface area contributed by atoms with Crippen molar-refractivity contribution in [3.8, 4) is 12.3 Å². The molecule has 1 aromatic rings. The summed E-state index contributed by atoms with van der Waals surface area (Å²) in [5, 5.41) is 0. The van der Waals surface area contributed by atoms with E-state index in [1.807, 2.05) is 12.1 Å². The van der Waals surface area contributed by atoms with Gasteiger partial charge in [0, 0.05) is 18.0 Å². The van der Waals surface area contributed by atoms with Crippen molar-refractivity contribution in [1.82, 2.24) is 10.4 Å². The highest BCUT2D eigenvalue weighted by atomic mass is 15.2. The average molecular weight is 147 g/mol. The van der Waals surface area contributed by atoms with Crippen LogP contribution in [0.25, 0.3) is 0 Å². The molecule has 0 fully saturated rings. The van der Waals surface area contributed by atoms with Crippen molar-refractivity contribution in [3.63, 3.8) is 0 Å². The summed E-state index contributed by atoms with van der Waals surface area (Å²) in [6.45, 7) is 0. The summed E-state index contributed by atoms with van der Waals surface area (Å²) in [6, 6.07) is 3.44. The van der Waals surface area contributed by atoms with Gasteiger partial charge in [-0.25, -0.2) is 5.43 Å². The zero-order valence-electron chi connectivity index (χ0n) is 5.99. The van der Waals surface area contributed by atoms with E-state index in [0.717, 1.165) is 5.56 Å². The molecule has 3 nitrogen and oxygen atoms in total. The zero-order chi connectivity index (χ0) is 8.10. The lowest BCUT2D eigenvalue weighted by Gasteiger charge is -2.07. The third-order valence-corrected chi connectivity index (χ3v) is 1.35. The molecule has 0 aliphatic rings. The molecule has 0 spiro atoms. The molecule has 0 radical (unpaired) electrons. The van der Waals surface area contributed by atoms with Crippen LogP contribution in [-0.2, 0) is 0 Å². The fourth-order valence-corrected chi connectivity index (χ4v) is 0.787. The Labute approximate surface area is 65.6 Å². The molecule has 0 aliphatic carbocycles. The predicted molar refractivity (Wildman–Crippen MR) is 43.1 cm³/mol. The molecule has 0 bridgehead atoms. The Morgan fingerprint density at radius 3 is 3.00 bits per heavy atom. The van der Waals surface area contributed by atoms with Gasteiger partial charge in [0.2, 0.25) is 0 Å². The van der Waals surface area contributed by atoms with Crippen LogP contribution in [0.1, 0.15) is 11.6 Å². The summed E-state index contributed by atoms with van der Waals surface area (Å²) in [7, 11) is 0. The van der Waals surface area contributed by atoms with Crippen LogP contribution >= 0.6 is 0 Å². The van der Waals surface area contributed by atoms with E-state index in [9.17, 15) is 0 Å². The Kier molecular flexibility index (Phi) is 2.61. The summed E-state index contributed by atoms with van der Waals surface area (Å²) in [5.74, 6) is 7.69. The van der Waals surface area contributed by atoms with Crippen LogP contribution in [-0.4, -0.2) is 4.98 Å². The van der Waals surface area contributed by atoms with Gasteiger partial charge in [-0.05, 0) is 6.07 Å². The van der Waals surface area contributed by atoms with Gasteiger partial charge in [0.25, 0.3) is 0 Å². The van der Waals surface area contributed by atoms with E-state index in [1.165, 1.54) is 0 Å². The first-order valence-electron chi connectivity index (χ1n) is 3.20. The van der Waals surface area contributed by atoms with E-state index in [-0.39, 0.29) is 6.04 Å². The third kappa shape index (κ3) is 1.77. The molecule has 56 valence electrons. The molecule has 3 N–H and O–H groups in total.